The molecule has 0 fully saturated rings. The summed E-state index contributed by atoms with van der Waals surface area (Å²) in [7, 11) is 0. The van der Waals surface area contributed by atoms with Gasteiger partial charge in [-0.25, -0.2) is 0 Å². The first-order valence-electron chi connectivity index (χ1n) is 10.7. The van der Waals surface area contributed by atoms with E-state index in [-0.39, 0.29) is 0 Å². The topological polar surface area (TPSA) is 91.5 Å². The van der Waals surface area contributed by atoms with Crippen molar-refractivity contribution in [1.82, 2.24) is 25.6 Å². The van der Waals surface area contributed by atoms with Crippen molar-refractivity contribution in [2.45, 2.75) is 19.8 Å². The van der Waals surface area contributed by atoms with E-state index < -0.39 is 0 Å². The van der Waals surface area contributed by atoms with Crippen molar-refractivity contribution >= 4 is 22.6 Å². The number of fused-ring (bicyclic) bond motifs is 1. The molecule has 0 atom stereocenters. The first kappa shape index (κ1) is 20.5. The smallest absolute Gasteiger partial charge is 0.222 e. The van der Waals surface area contributed by atoms with Crippen LogP contribution in [0.15, 0.2) is 79.3 Å². The standard InChI is InChI=1S/C26H23N6O/c1-17(2)22-15-21-7-4-10-27-25(21)23(16-22)20-6-3-5-18(13-20)14-24(26-28-30-31-29-26)19-8-11-32(33)12-9-19/h3-17,33H,1-2H3,(H,28,29,30,31)/q+1/b24-14-. The van der Waals surface area contributed by atoms with Crippen molar-refractivity contribution in [3.63, 3.8) is 0 Å². The van der Waals surface area contributed by atoms with Crippen LogP contribution < -0.4 is 4.73 Å². The molecule has 3 heterocycles. The molecule has 5 aromatic rings. The number of hydrogen-bond donors (Lipinski definition) is 2. The number of nitrogens with zero attached hydrogens (tertiary/aromatic N) is 5. The van der Waals surface area contributed by atoms with Crippen LogP contribution in [0.5, 0.6) is 0 Å². The average molecular weight is 436 g/mol. The molecule has 2 N–H and O–H groups in total. The van der Waals surface area contributed by atoms with Crippen LogP contribution in [-0.2, 0) is 0 Å². The minimum Gasteiger partial charge on any atom is -0.285 e. The van der Waals surface area contributed by atoms with E-state index in [4.69, 9.17) is 0 Å². The lowest BCUT2D eigenvalue weighted by atomic mass is 9.93. The van der Waals surface area contributed by atoms with Gasteiger partial charge in [-0.3, -0.25) is 10.2 Å². The fourth-order valence-electron chi connectivity index (χ4n) is 3.88. The fraction of sp³-hybridized carbons (Fsp3) is 0.115. The highest BCUT2D eigenvalue weighted by Crippen LogP contribution is 2.32. The predicted molar refractivity (Wildman–Crippen MR) is 126 cm³/mol. The van der Waals surface area contributed by atoms with E-state index in [1.165, 1.54) is 5.56 Å². The van der Waals surface area contributed by atoms with Gasteiger partial charge in [0, 0.05) is 39.6 Å². The minimum absolute atomic E-state index is 0.411. The van der Waals surface area contributed by atoms with Gasteiger partial charge in [-0.2, -0.15) is 5.21 Å². The largest absolute Gasteiger partial charge is 0.285 e. The van der Waals surface area contributed by atoms with Crippen LogP contribution >= 0.6 is 0 Å². The lowest BCUT2D eigenvalue weighted by Gasteiger charge is -2.13. The van der Waals surface area contributed by atoms with Gasteiger partial charge in [0.2, 0.25) is 18.2 Å². The third kappa shape index (κ3) is 4.21. The molecule has 0 radical (unpaired) electrons. The summed E-state index contributed by atoms with van der Waals surface area (Å²) in [5.41, 5.74) is 7.10. The molecule has 0 aliphatic carbocycles. The van der Waals surface area contributed by atoms with Gasteiger partial charge in [0.1, 0.15) is 0 Å². The first-order chi connectivity index (χ1) is 16.1. The Bertz CT molecular complexity index is 1440. The third-order valence-corrected chi connectivity index (χ3v) is 5.61. The molecule has 33 heavy (non-hydrogen) atoms. The molecule has 0 bridgehead atoms. The summed E-state index contributed by atoms with van der Waals surface area (Å²) in [5.74, 6) is 0.888. The Morgan fingerprint density at radius 1 is 1.03 bits per heavy atom. The van der Waals surface area contributed by atoms with Crippen LogP contribution in [0.2, 0.25) is 0 Å². The van der Waals surface area contributed by atoms with Gasteiger partial charge in [0.15, 0.2) is 0 Å². The number of pyridine rings is 2. The molecule has 5 rings (SSSR count). The maximum absolute atomic E-state index is 9.61. The monoisotopic (exact) mass is 435 g/mol. The maximum atomic E-state index is 9.61. The second-order valence-corrected chi connectivity index (χ2v) is 8.18. The van der Waals surface area contributed by atoms with Crippen LogP contribution in [0, 0.1) is 0 Å². The minimum atomic E-state index is 0.411. The van der Waals surface area contributed by atoms with Gasteiger partial charge in [0.05, 0.1) is 5.52 Å². The summed E-state index contributed by atoms with van der Waals surface area (Å²) < 4.78 is 0.998. The molecule has 0 saturated heterocycles. The number of nitrogens with one attached hydrogen (secondary N) is 1. The number of aromatic amines is 1. The SMILES string of the molecule is CC(C)c1cc(-c2cccc(/C=C(/c3cc[n+](O)cc3)c3nn[nH]n3)c2)c2ncccc2c1. The fourth-order valence-corrected chi connectivity index (χ4v) is 3.88. The zero-order valence-electron chi connectivity index (χ0n) is 18.3. The summed E-state index contributed by atoms with van der Waals surface area (Å²) >= 11 is 0. The summed E-state index contributed by atoms with van der Waals surface area (Å²) in [4.78, 5) is 4.67. The Morgan fingerprint density at radius 2 is 1.88 bits per heavy atom. The van der Waals surface area contributed by atoms with E-state index in [0.29, 0.717) is 11.7 Å². The quantitative estimate of drug-likeness (QED) is 0.310. The van der Waals surface area contributed by atoms with Crippen molar-refractivity contribution in [2.75, 3.05) is 0 Å². The second kappa shape index (κ2) is 8.63. The Morgan fingerprint density at radius 3 is 2.64 bits per heavy atom. The highest BCUT2D eigenvalue weighted by molar-refractivity contribution is 5.95. The number of rotatable bonds is 5. The van der Waals surface area contributed by atoms with E-state index in [1.54, 1.807) is 24.5 Å². The number of H-pyrrole nitrogens is 1. The molecule has 7 nitrogen and oxygen atoms in total. The third-order valence-electron chi connectivity index (χ3n) is 5.61. The Balaban J connectivity index is 1.65. The molecular formula is C26H23N6O+. The normalized spacial score (nSPS) is 11.9. The first-order valence-corrected chi connectivity index (χ1v) is 10.7. The second-order valence-electron chi connectivity index (χ2n) is 8.18. The van der Waals surface area contributed by atoms with Gasteiger partial charge in [0.25, 0.3) is 0 Å². The summed E-state index contributed by atoms with van der Waals surface area (Å²) in [6.07, 6.45) is 6.99. The van der Waals surface area contributed by atoms with Crippen molar-refractivity contribution in [3.05, 3.63) is 102 Å². The van der Waals surface area contributed by atoms with Gasteiger partial charge < -0.3 is 0 Å². The van der Waals surface area contributed by atoms with Gasteiger partial charge in [-0.1, -0.05) is 38.1 Å². The van der Waals surface area contributed by atoms with Crippen LogP contribution in [0.25, 0.3) is 33.7 Å². The van der Waals surface area contributed by atoms with Crippen LogP contribution in [-0.4, -0.2) is 30.8 Å². The van der Waals surface area contributed by atoms with Crippen molar-refractivity contribution in [3.8, 4) is 11.1 Å². The van der Waals surface area contributed by atoms with Crippen LogP contribution in [0.1, 0.15) is 42.3 Å². The van der Waals surface area contributed by atoms with E-state index in [1.807, 2.05) is 30.5 Å². The molecule has 162 valence electrons. The van der Waals surface area contributed by atoms with Gasteiger partial charge >= 0.3 is 0 Å². The highest BCUT2D eigenvalue weighted by atomic mass is 16.5. The molecule has 0 amide bonds. The Labute approximate surface area is 191 Å². The van der Waals surface area contributed by atoms with Crippen LogP contribution in [0.3, 0.4) is 0 Å². The molecule has 0 aliphatic heterocycles. The molecule has 0 saturated carbocycles. The van der Waals surface area contributed by atoms with E-state index in [2.05, 4.69) is 69.8 Å². The zero-order valence-corrected chi connectivity index (χ0v) is 18.3. The van der Waals surface area contributed by atoms with Gasteiger partial charge in [-0.15, -0.1) is 10.2 Å². The summed E-state index contributed by atoms with van der Waals surface area (Å²) in [5, 5.41) is 25.3. The summed E-state index contributed by atoms with van der Waals surface area (Å²) in [6.45, 7) is 4.40. The van der Waals surface area contributed by atoms with Crippen molar-refractivity contribution in [2.24, 2.45) is 0 Å². The Hall–Kier alpha value is -4.39. The van der Waals surface area contributed by atoms with Crippen molar-refractivity contribution < 1.29 is 9.94 Å². The highest BCUT2D eigenvalue weighted by Gasteiger charge is 2.14. The molecular weight excluding hydrogens is 412 g/mol. The zero-order chi connectivity index (χ0) is 22.8. The molecule has 0 aliphatic rings. The molecule has 0 spiro atoms. The van der Waals surface area contributed by atoms with Crippen LogP contribution in [0.4, 0.5) is 0 Å². The summed E-state index contributed by atoms with van der Waals surface area (Å²) in [6, 6.07) is 20.5. The van der Waals surface area contributed by atoms with E-state index in [0.717, 1.165) is 43.5 Å². The molecule has 2 aromatic carbocycles. The van der Waals surface area contributed by atoms with Crippen molar-refractivity contribution in [1.29, 1.82) is 0 Å². The molecule has 0 unspecified atom stereocenters. The Kier molecular flexibility index (Phi) is 5.36. The van der Waals surface area contributed by atoms with E-state index in [9.17, 15) is 5.21 Å². The lowest BCUT2D eigenvalue weighted by molar-refractivity contribution is -0.904. The number of hydrogen-bond acceptors (Lipinski definition) is 5. The molecule has 7 heteroatoms. The average Bonchev–Trinajstić information content (AvgIpc) is 3.37. The number of tetrazole rings is 1. The van der Waals surface area contributed by atoms with Gasteiger partial charge in [-0.05, 0) is 63.7 Å². The molecule has 3 aromatic heterocycles. The predicted octanol–water partition coefficient (Wildman–Crippen LogP) is 4.65. The maximum Gasteiger partial charge on any atom is 0.222 e. The van der Waals surface area contributed by atoms with E-state index >= 15 is 0 Å². The number of aromatic nitrogens is 6. The number of benzene rings is 2. The lowest BCUT2D eigenvalue weighted by Crippen LogP contribution is -2.27.